The first kappa shape index (κ1) is 16.7. The van der Waals surface area contributed by atoms with Crippen molar-refractivity contribution in [2.75, 3.05) is 7.05 Å². The molecule has 0 bridgehead atoms. The Hall–Kier alpha value is -3.74. The first-order valence-electron chi connectivity index (χ1n) is 8.43. The van der Waals surface area contributed by atoms with Crippen LogP contribution in [-0.2, 0) is 6.54 Å². The highest BCUT2D eigenvalue weighted by Crippen LogP contribution is 2.19. The minimum Gasteiger partial charge on any atom is -0.359 e. The maximum absolute atomic E-state index is 12.7. The van der Waals surface area contributed by atoms with Gasteiger partial charge < -0.3 is 9.42 Å². The zero-order chi connectivity index (χ0) is 18.6. The Balaban J connectivity index is 1.44. The summed E-state index contributed by atoms with van der Waals surface area (Å²) in [6.07, 6.45) is 3.39. The molecule has 0 unspecified atom stereocenters. The van der Waals surface area contributed by atoms with Gasteiger partial charge >= 0.3 is 0 Å². The lowest BCUT2D eigenvalue weighted by atomic mass is 10.1. The molecule has 1 amide bonds. The summed E-state index contributed by atoms with van der Waals surface area (Å²) < 4.78 is 5.35. The van der Waals surface area contributed by atoms with Gasteiger partial charge in [-0.25, -0.2) is 0 Å². The molecule has 4 aromatic rings. The van der Waals surface area contributed by atoms with Gasteiger partial charge in [-0.3, -0.25) is 14.9 Å². The van der Waals surface area contributed by atoms with E-state index in [4.69, 9.17) is 4.52 Å². The molecule has 0 spiro atoms. The molecule has 7 heteroatoms. The molecule has 0 aliphatic heterocycles. The molecule has 0 saturated carbocycles. The summed E-state index contributed by atoms with van der Waals surface area (Å²) in [5.41, 5.74) is 3.87. The Morgan fingerprint density at radius 2 is 1.93 bits per heavy atom. The highest BCUT2D eigenvalue weighted by Gasteiger charge is 2.15. The lowest BCUT2D eigenvalue weighted by Gasteiger charge is -2.15. The molecule has 0 radical (unpaired) electrons. The van der Waals surface area contributed by atoms with Crippen LogP contribution in [0.4, 0.5) is 0 Å². The fraction of sp³-hybridized carbons (Fsp3) is 0.100. The number of hydrogen-bond acceptors (Lipinski definition) is 5. The number of pyridine rings is 1. The van der Waals surface area contributed by atoms with Gasteiger partial charge in [0.05, 0.1) is 17.9 Å². The van der Waals surface area contributed by atoms with Crippen LogP contribution in [0.5, 0.6) is 0 Å². The van der Waals surface area contributed by atoms with E-state index < -0.39 is 0 Å². The summed E-state index contributed by atoms with van der Waals surface area (Å²) in [4.78, 5) is 18.5. The molecule has 134 valence electrons. The van der Waals surface area contributed by atoms with Crippen molar-refractivity contribution in [2.45, 2.75) is 6.54 Å². The smallest absolute Gasteiger partial charge is 0.254 e. The van der Waals surface area contributed by atoms with Gasteiger partial charge in [-0.1, -0.05) is 23.4 Å². The van der Waals surface area contributed by atoms with Crippen molar-refractivity contribution in [3.05, 3.63) is 78.3 Å². The lowest BCUT2D eigenvalue weighted by molar-refractivity contribution is 0.0772. The van der Waals surface area contributed by atoms with Gasteiger partial charge in [0, 0.05) is 31.1 Å². The van der Waals surface area contributed by atoms with Crippen LogP contribution in [0.15, 0.2) is 71.5 Å². The monoisotopic (exact) mass is 359 g/mol. The Bertz CT molecular complexity index is 1020. The van der Waals surface area contributed by atoms with Gasteiger partial charge in [-0.2, -0.15) is 5.10 Å². The number of benzene rings is 1. The topological polar surface area (TPSA) is 87.9 Å². The van der Waals surface area contributed by atoms with Gasteiger partial charge in [0.25, 0.3) is 5.91 Å². The van der Waals surface area contributed by atoms with Crippen molar-refractivity contribution >= 4 is 5.91 Å². The van der Waals surface area contributed by atoms with E-state index in [0.29, 0.717) is 23.6 Å². The number of carbonyl (C=O) groups excluding carboxylic acids is 1. The zero-order valence-electron chi connectivity index (χ0n) is 14.7. The van der Waals surface area contributed by atoms with Crippen LogP contribution in [0.1, 0.15) is 16.1 Å². The molecule has 0 saturated heterocycles. The highest BCUT2D eigenvalue weighted by molar-refractivity contribution is 5.94. The van der Waals surface area contributed by atoms with E-state index in [1.54, 1.807) is 42.5 Å². The van der Waals surface area contributed by atoms with E-state index in [2.05, 4.69) is 20.3 Å². The second kappa shape index (κ2) is 7.25. The molecule has 4 rings (SSSR count). The van der Waals surface area contributed by atoms with Crippen molar-refractivity contribution < 1.29 is 9.32 Å². The van der Waals surface area contributed by atoms with E-state index >= 15 is 0 Å². The van der Waals surface area contributed by atoms with E-state index in [-0.39, 0.29) is 5.91 Å². The van der Waals surface area contributed by atoms with Crippen LogP contribution in [0.3, 0.4) is 0 Å². The predicted molar refractivity (Wildman–Crippen MR) is 99.6 cm³/mol. The average Bonchev–Trinajstić information content (AvgIpc) is 3.40. The summed E-state index contributed by atoms with van der Waals surface area (Å²) >= 11 is 0. The third kappa shape index (κ3) is 3.62. The number of nitrogens with one attached hydrogen (secondary N) is 1. The molecule has 0 aliphatic carbocycles. The normalized spacial score (nSPS) is 10.7. The molecular weight excluding hydrogens is 342 g/mol. The Morgan fingerprint density at radius 3 is 2.63 bits per heavy atom. The van der Waals surface area contributed by atoms with E-state index in [0.717, 1.165) is 17.0 Å². The van der Waals surface area contributed by atoms with Crippen molar-refractivity contribution in [1.29, 1.82) is 0 Å². The van der Waals surface area contributed by atoms with Crippen LogP contribution >= 0.6 is 0 Å². The first-order chi connectivity index (χ1) is 13.2. The maximum Gasteiger partial charge on any atom is 0.254 e. The van der Waals surface area contributed by atoms with E-state index in [1.807, 2.05) is 36.4 Å². The number of rotatable bonds is 5. The van der Waals surface area contributed by atoms with E-state index in [1.165, 1.54) is 0 Å². The van der Waals surface area contributed by atoms with Gasteiger partial charge in [0.15, 0.2) is 5.76 Å². The number of hydrogen-bond donors (Lipinski definition) is 1. The van der Waals surface area contributed by atoms with Crippen LogP contribution in [0, 0.1) is 0 Å². The van der Waals surface area contributed by atoms with Gasteiger partial charge in [0.1, 0.15) is 5.69 Å². The maximum atomic E-state index is 12.7. The summed E-state index contributed by atoms with van der Waals surface area (Å²) in [6, 6.07) is 16.7. The van der Waals surface area contributed by atoms with Crippen LogP contribution in [0.25, 0.3) is 22.6 Å². The summed E-state index contributed by atoms with van der Waals surface area (Å²) in [5.74, 6) is 0.502. The molecule has 0 aliphatic rings. The standard InChI is InChI=1S/C20H17N5O2/c1-25(13-16-12-19(24-27-16)18-4-2-3-10-21-18)20(26)15-7-5-14(6-8-15)17-9-11-22-23-17/h2-12H,13H2,1H3,(H,22,23). The molecular formula is C20H17N5O2. The number of H-pyrrole nitrogens is 1. The van der Waals surface area contributed by atoms with Gasteiger partial charge in [0.2, 0.25) is 0 Å². The third-order valence-electron chi connectivity index (χ3n) is 4.17. The average molecular weight is 359 g/mol. The number of aromatic nitrogens is 4. The molecule has 1 aromatic carbocycles. The van der Waals surface area contributed by atoms with Crippen LogP contribution < -0.4 is 0 Å². The Labute approximate surface area is 155 Å². The SMILES string of the molecule is CN(Cc1cc(-c2ccccn2)no1)C(=O)c1ccc(-c2ccn[nH]2)cc1. The minimum atomic E-state index is -0.0954. The van der Waals surface area contributed by atoms with E-state index in [9.17, 15) is 4.79 Å². The molecule has 3 aromatic heterocycles. The number of aromatic amines is 1. The Morgan fingerprint density at radius 1 is 1.07 bits per heavy atom. The van der Waals surface area contributed by atoms with Crippen LogP contribution in [-0.4, -0.2) is 38.2 Å². The Kier molecular flexibility index (Phi) is 4.49. The highest BCUT2D eigenvalue weighted by atomic mass is 16.5. The summed E-state index contributed by atoms with van der Waals surface area (Å²) in [6.45, 7) is 0.320. The first-order valence-corrected chi connectivity index (χ1v) is 8.43. The number of carbonyl (C=O) groups is 1. The quantitative estimate of drug-likeness (QED) is 0.590. The molecule has 3 heterocycles. The fourth-order valence-electron chi connectivity index (χ4n) is 2.76. The molecule has 0 fully saturated rings. The second-order valence-corrected chi connectivity index (χ2v) is 6.10. The minimum absolute atomic E-state index is 0.0954. The fourth-order valence-corrected chi connectivity index (χ4v) is 2.76. The molecule has 27 heavy (non-hydrogen) atoms. The van der Waals surface area contributed by atoms with Crippen molar-refractivity contribution in [3.8, 4) is 22.6 Å². The molecule has 1 N–H and O–H groups in total. The van der Waals surface area contributed by atoms with Crippen molar-refractivity contribution in [3.63, 3.8) is 0 Å². The lowest BCUT2D eigenvalue weighted by Crippen LogP contribution is -2.25. The van der Waals surface area contributed by atoms with Crippen molar-refractivity contribution in [2.24, 2.45) is 0 Å². The summed E-state index contributed by atoms with van der Waals surface area (Å²) in [7, 11) is 1.73. The van der Waals surface area contributed by atoms with Gasteiger partial charge in [-0.15, -0.1) is 0 Å². The van der Waals surface area contributed by atoms with Crippen LogP contribution in [0.2, 0.25) is 0 Å². The second-order valence-electron chi connectivity index (χ2n) is 6.10. The molecule has 7 nitrogen and oxygen atoms in total. The third-order valence-corrected chi connectivity index (χ3v) is 4.17. The largest absolute Gasteiger partial charge is 0.359 e. The number of nitrogens with zero attached hydrogens (tertiary/aromatic N) is 4. The predicted octanol–water partition coefficient (Wildman–Crippen LogP) is 3.40. The summed E-state index contributed by atoms with van der Waals surface area (Å²) in [5, 5.41) is 10.9. The number of amides is 1. The molecule has 0 atom stereocenters. The zero-order valence-corrected chi connectivity index (χ0v) is 14.7. The van der Waals surface area contributed by atoms with Gasteiger partial charge in [-0.05, 0) is 35.9 Å². The van der Waals surface area contributed by atoms with Crippen molar-refractivity contribution in [1.82, 2.24) is 25.2 Å².